The zero-order valence-corrected chi connectivity index (χ0v) is 45.6. The second-order valence-electron chi connectivity index (χ2n) is 20.9. The molecule has 23 heteroatoms. The SMILES string of the molecule is Cc1c(N2C(=O)C(C)(C)N(C3CCC(OCCBr)CC3)C2=S)ccc(C(=O)OC(=O)CN2[C@H](C)CN(CCOC3CCC(N4C(=S)N(c5ccc(C#N)c(C(F)(F)F)c5)C(=O)C4(C)C)CC3)C[C@@H]2C)c1C(F)(F)F. The van der Waals surface area contributed by atoms with Crippen molar-refractivity contribution in [2.24, 2.45) is 0 Å². The van der Waals surface area contributed by atoms with Crippen LogP contribution >= 0.6 is 40.4 Å². The fraction of sp³-hybridized carbons (Fsp3) is 0.627. The summed E-state index contributed by atoms with van der Waals surface area (Å²) in [5.74, 6) is -3.45. The summed E-state index contributed by atoms with van der Waals surface area (Å²) in [5.41, 5.74) is -6.77. The molecule has 2 aliphatic carbocycles. The Bertz CT molecular complexity index is 2550. The molecule has 0 bridgehead atoms. The fourth-order valence-corrected chi connectivity index (χ4v) is 12.9. The molecular weight excluding hydrogens is 1080 g/mol. The maximum absolute atomic E-state index is 14.9. The molecule has 2 aromatic carbocycles. The van der Waals surface area contributed by atoms with E-state index in [0.29, 0.717) is 76.7 Å². The van der Waals surface area contributed by atoms with Crippen LogP contribution in [-0.2, 0) is 40.9 Å². The number of thiocarbonyl (C=S) groups is 2. The van der Waals surface area contributed by atoms with Gasteiger partial charge in [-0.1, -0.05) is 15.9 Å². The fourth-order valence-electron chi connectivity index (χ4n) is 11.6. The Balaban J connectivity index is 0.902. The zero-order chi connectivity index (χ0) is 54.4. The number of carbonyl (C=O) groups excluding carboxylic acids is 4. The van der Waals surface area contributed by atoms with Crippen molar-refractivity contribution in [1.29, 1.82) is 5.26 Å². The number of esters is 2. The van der Waals surface area contributed by atoms with Gasteiger partial charge in [0, 0.05) is 49.1 Å². The highest BCUT2D eigenvalue weighted by atomic mass is 79.9. The minimum atomic E-state index is -5.07. The number of piperazine rings is 1. The Labute approximate surface area is 446 Å². The first kappa shape index (κ1) is 57.4. The first-order valence-electron chi connectivity index (χ1n) is 24.8. The third kappa shape index (κ3) is 11.5. The molecule has 0 unspecified atom stereocenters. The Morgan fingerprint density at radius 3 is 1.78 bits per heavy atom. The summed E-state index contributed by atoms with van der Waals surface area (Å²) in [7, 11) is 0. The summed E-state index contributed by atoms with van der Waals surface area (Å²) in [6.45, 7) is 14.0. The number of rotatable bonds is 14. The second kappa shape index (κ2) is 22.3. The lowest BCUT2D eigenvalue weighted by Gasteiger charge is -2.44. The highest BCUT2D eigenvalue weighted by molar-refractivity contribution is 9.09. The number of halogens is 7. The molecule has 0 spiro atoms. The van der Waals surface area contributed by atoms with Crippen molar-refractivity contribution < 1.29 is 59.7 Å². The lowest BCUT2D eigenvalue weighted by molar-refractivity contribution is -0.143. The number of nitriles is 1. The van der Waals surface area contributed by atoms with E-state index < -0.39 is 75.0 Å². The van der Waals surface area contributed by atoms with Crippen LogP contribution in [0.1, 0.15) is 126 Å². The van der Waals surface area contributed by atoms with Gasteiger partial charge in [-0.05, 0) is 160 Å². The molecule has 0 aromatic heterocycles. The third-order valence-electron chi connectivity index (χ3n) is 15.2. The van der Waals surface area contributed by atoms with Crippen LogP contribution in [0, 0.1) is 18.3 Å². The van der Waals surface area contributed by atoms with Crippen LogP contribution < -0.4 is 9.80 Å². The van der Waals surface area contributed by atoms with Gasteiger partial charge in [0.05, 0.1) is 71.7 Å². The van der Waals surface area contributed by atoms with Crippen LogP contribution in [0.25, 0.3) is 0 Å². The molecule has 0 radical (unpaired) electrons. The van der Waals surface area contributed by atoms with Gasteiger partial charge in [0.2, 0.25) is 0 Å². The number of amides is 2. The van der Waals surface area contributed by atoms with Crippen LogP contribution in [0.4, 0.5) is 37.7 Å². The van der Waals surface area contributed by atoms with E-state index >= 15 is 0 Å². The van der Waals surface area contributed by atoms with Gasteiger partial charge < -0.3 is 24.0 Å². The van der Waals surface area contributed by atoms with E-state index in [9.17, 15) is 50.8 Å². The lowest BCUT2D eigenvalue weighted by atomic mass is 9.89. The van der Waals surface area contributed by atoms with Crippen molar-refractivity contribution in [3.63, 3.8) is 0 Å². The minimum Gasteiger partial charge on any atom is -0.388 e. The highest BCUT2D eigenvalue weighted by Crippen LogP contribution is 2.45. The largest absolute Gasteiger partial charge is 0.417 e. The van der Waals surface area contributed by atoms with Gasteiger partial charge >= 0.3 is 24.3 Å². The number of benzene rings is 2. The Morgan fingerprint density at radius 1 is 0.770 bits per heavy atom. The molecular formula is C51H62BrF6N7O7S2. The van der Waals surface area contributed by atoms with E-state index in [-0.39, 0.29) is 64.5 Å². The van der Waals surface area contributed by atoms with Gasteiger partial charge in [-0.2, -0.15) is 31.6 Å². The van der Waals surface area contributed by atoms with Crippen LogP contribution in [0.5, 0.6) is 0 Å². The molecule has 404 valence electrons. The molecule has 14 nitrogen and oxygen atoms in total. The van der Waals surface area contributed by atoms with Crippen molar-refractivity contribution in [2.45, 2.75) is 160 Å². The van der Waals surface area contributed by atoms with E-state index in [1.54, 1.807) is 38.7 Å². The average Bonchev–Trinajstić information content (AvgIpc) is 3.62. The second-order valence-corrected chi connectivity index (χ2v) is 22.4. The van der Waals surface area contributed by atoms with E-state index in [4.69, 9.17) is 38.6 Å². The highest BCUT2D eigenvalue weighted by Gasteiger charge is 2.55. The molecule has 2 saturated carbocycles. The summed E-state index contributed by atoms with van der Waals surface area (Å²) in [5, 5.41) is 10.1. The summed E-state index contributed by atoms with van der Waals surface area (Å²) in [4.78, 5) is 64.4. The van der Waals surface area contributed by atoms with Gasteiger partial charge in [-0.25, -0.2) is 4.79 Å². The van der Waals surface area contributed by atoms with Gasteiger partial charge in [0.15, 0.2) is 10.2 Å². The zero-order valence-electron chi connectivity index (χ0n) is 42.4. The first-order valence-corrected chi connectivity index (χ1v) is 26.8. The normalized spacial score (nSPS) is 26.0. The minimum absolute atomic E-state index is 0.0592. The number of anilines is 2. The van der Waals surface area contributed by atoms with Crippen molar-refractivity contribution >= 4 is 85.7 Å². The molecule has 3 aliphatic heterocycles. The third-order valence-corrected chi connectivity index (χ3v) is 16.3. The van der Waals surface area contributed by atoms with Crippen LogP contribution in [-0.4, -0.2) is 146 Å². The Kier molecular flexibility index (Phi) is 17.3. The van der Waals surface area contributed by atoms with Gasteiger partial charge in [0.25, 0.3) is 11.8 Å². The molecule has 3 heterocycles. The Morgan fingerprint density at radius 2 is 1.28 bits per heavy atom. The van der Waals surface area contributed by atoms with E-state index in [2.05, 4.69) is 20.8 Å². The number of alkyl halides is 7. The standard InChI is InChI=1S/C51H62BrF6N7O7S2/c1-29-26-60(21-23-71-37-16-12-33(13-17-37)64-46(73)62(44(68)48(64,4)5)35-9-8-32(25-59)39(24-35)50(53,54)55)27-30(2)61(29)28-41(66)72-43(67)38-18-19-40(31(3)42(38)51(56,57)58)63-45(69)49(6,7)65(47(63)74)34-10-14-36(15-11-34)70-22-20-52/h8-9,18-19,24,29-30,33-34,36-37H,10-17,20-23,26-28H2,1-7H3/t29-,30+,33?,34?,36?,37?. The monoisotopic (exact) mass is 1140 g/mol. The summed E-state index contributed by atoms with van der Waals surface area (Å²) in [6.07, 6.45) is -4.54. The summed E-state index contributed by atoms with van der Waals surface area (Å²) < 4.78 is 104. The van der Waals surface area contributed by atoms with Gasteiger partial charge in [-0.3, -0.25) is 34.0 Å². The average molecular weight is 1140 g/mol. The molecule has 7 rings (SSSR count). The van der Waals surface area contributed by atoms with Crippen molar-refractivity contribution in [3.05, 3.63) is 58.1 Å². The number of ether oxygens (including phenoxy) is 3. The predicted molar refractivity (Wildman–Crippen MR) is 275 cm³/mol. The lowest BCUT2D eigenvalue weighted by Crippen LogP contribution is -2.58. The van der Waals surface area contributed by atoms with Crippen LogP contribution in [0.2, 0.25) is 0 Å². The van der Waals surface area contributed by atoms with E-state index in [0.717, 1.165) is 40.8 Å². The van der Waals surface area contributed by atoms with Crippen molar-refractivity contribution in [3.8, 4) is 6.07 Å². The first-order chi connectivity index (χ1) is 34.6. The topological polar surface area (TPSA) is 139 Å². The molecule has 3 saturated heterocycles. The summed E-state index contributed by atoms with van der Waals surface area (Å²) >= 11 is 14.9. The molecule has 74 heavy (non-hydrogen) atoms. The van der Waals surface area contributed by atoms with Gasteiger partial charge in [0.1, 0.15) is 11.1 Å². The van der Waals surface area contributed by atoms with Crippen molar-refractivity contribution in [1.82, 2.24) is 19.6 Å². The molecule has 2 amide bonds. The Hall–Kier alpha value is -4.31. The molecule has 2 aromatic rings. The number of hydrogen-bond donors (Lipinski definition) is 0. The van der Waals surface area contributed by atoms with Crippen molar-refractivity contribution in [2.75, 3.05) is 54.5 Å². The van der Waals surface area contributed by atoms with Gasteiger partial charge in [-0.15, -0.1) is 0 Å². The van der Waals surface area contributed by atoms with E-state index in [1.807, 2.05) is 23.6 Å². The van der Waals surface area contributed by atoms with E-state index in [1.165, 1.54) is 19.1 Å². The molecule has 5 aliphatic rings. The quantitative estimate of drug-likeness (QED) is 0.0584. The maximum atomic E-state index is 14.9. The molecule has 0 N–H and O–H groups in total. The van der Waals surface area contributed by atoms with Crippen LogP contribution in [0.15, 0.2) is 30.3 Å². The molecule has 5 fully saturated rings. The number of carbonyl (C=O) groups is 4. The number of nitrogens with zero attached hydrogens (tertiary/aromatic N) is 7. The molecule has 2 atom stereocenters. The smallest absolute Gasteiger partial charge is 0.388 e. The predicted octanol–water partition coefficient (Wildman–Crippen LogP) is 9.16. The summed E-state index contributed by atoms with van der Waals surface area (Å²) in [6, 6.07) is 6.11. The maximum Gasteiger partial charge on any atom is 0.417 e. The van der Waals surface area contributed by atoms with Crippen LogP contribution in [0.3, 0.4) is 0 Å². The number of hydrogen-bond acceptors (Lipinski definition) is 12.